The molecule has 6 heteroatoms. The predicted octanol–water partition coefficient (Wildman–Crippen LogP) is 4.02. The van der Waals surface area contributed by atoms with Crippen LogP contribution >= 0.6 is 23.2 Å². The van der Waals surface area contributed by atoms with Gasteiger partial charge >= 0.3 is 0 Å². The maximum atomic E-state index is 13.6. The Morgan fingerprint density at radius 2 is 1.84 bits per heavy atom. The monoisotopic (exact) mass is 317 g/mol. The van der Waals surface area contributed by atoms with Gasteiger partial charge in [-0.05, 0) is 30.3 Å². The molecule has 0 aliphatic carbocycles. The Morgan fingerprint density at radius 1 is 1.11 bits per heavy atom. The molecule has 0 spiro atoms. The van der Waals surface area contributed by atoms with E-state index in [0.29, 0.717) is 26.2 Å². The summed E-state index contributed by atoms with van der Waals surface area (Å²) in [6.07, 6.45) is 0. The number of benzene rings is 2. The van der Waals surface area contributed by atoms with Gasteiger partial charge in [0.2, 0.25) is 0 Å². The van der Waals surface area contributed by atoms with Gasteiger partial charge < -0.3 is 5.73 Å². The molecular weight excluding hydrogens is 308 g/mol. The van der Waals surface area contributed by atoms with Crippen molar-refractivity contribution < 1.29 is 8.60 Å². The highest BCUT2D eigenvalue weighted by Crippen LogP contribution is 2.25. The van der Waals surface area contributed by atoms with E-state index in [2.05, 4.69) is 0 Å². The van der Waals surface area contributed by atoms with E-state index in [1.807, 2.05) is 0 Å². The van der Waals surface area contributed by atoms with E-state index in [1.54, 1.807) is 18.2 Å². The lowest BCUT2D eigenvalue weighted by atomic mass is 10.2. The fourth-order valence-corrected chi connectivity index (χ4v) is 3.04. The van der Waals surface area contributed by atoms with Crippen LogP contribution in [0.1, 0.15) is 5.56 Å². The molecule has 2 N–H and O–H groups in total. The molecular formula is C13H10Cl2FNOS. The van der Waals surface area contributed by atoms with E-state index >= 15 is 0 Å². The Kier molecular flexibility index (Phi) is 4.45. The zero-order chi connectivity index (χ0) is 14.0. The van der Waals surface area contributed by atoms with E-state index in [4.69, 9.17) is 28.9 Å². The van der Waals surface area contributed by atoms with Gasteiger partial charge in [0, 0.05) is 16.1 Å². The van der Waals surface area contributed by atoms with Gasteiger partial charge in [0.1, 0.15) is 5.82 Å². The maximum absolute atomic E-state index is 13.6. The van der Waals surface area contributed by atoms with Crippen LogP contribution in [0, 0.1) is 5.82 Å². The Balaban J connectivity index is 2.23. The van der Waals surface area contributed by atoms with Crippen LogP contribution in [0.15, 0.2) is 41.3 Å². The highest BCUT2D eigenvalue weighted by Gasteiger charge is 2.11. The largest absolute Gasteiger partial charge is 0.399 e. The summed E-state index contributed by atoms with van der Waals surface area (Å²) in [5.41, 5.74) is 6.14. The van der Waals surface area contributed by atoms with Crippen molar-refractivity contribution in [3.05, 3.63) is 57.8 Å². The van der Waals surface area contributed by atoms with Crippen molar-refractivity contribution in [2.24, 2.45) is 0 Å². The van der Waals surface area contributed by atoms with Gasteiger partial charge in [-0.3, -0.25) is 4.21 Å². The lowest BCUT2D eigenvalue weighted by Crippen LogP contribution is -2.00. The third-order valence-corrected chi connectivity index (χ3v) is 4.61. The molecule has 0 heterocycles. The average molecular weight is 318 g/mol. The summed E-state index contributed by atoms with van der Waals surface area (Å²) in [6.45, 7) is 0. The van der Waals surface area contributed by atoms with Crippen LogP contribution in [0.3, 0.4) is 0 Å². The van der Waals surface area contributed by atoms with E-state index < -0.39 is 16.6 Å². The second-order valence-corrected chi connectivity index (χ2v) is 6.18. The molecule has 0 aromatic heterocycles. The Bertz CT molecular complexity index is 649. The van der Waals surface area contributed by atoms with Crippen molar-refractivity contribution in [1.29, 1.82) is 0 Å². The lowest BCUT2D eigenvalue weighted by molar-refractivity contribution is 0.616. The molecule has 2 aromatic rings. The van der Waals surface area contributed by atoms with Crippen molar-refractivity contribution >= 4 is 39.7 Å². The van der Waals surface area contributed by atoms with Crippen LogP contribution in [0.2, 0.25) is 10.0 Å². The Morgan fingerprint density at radius 3 is 2.47 bits per heavy atom. The standard InChI is InChI=1S/C13H10Cl2FNOS/c14-11-4-3-10(6-12(11)15)19(18)7-8-1-2-9(17)5-13(8)16/h1-6H,7,17H2. The summed E-state index contributed by atoms with van der Waals surface area (Å²) in [7, 11) is -1.39. The first-order valence-corrected chi connectivity index (χ1v) is 7.42. The van der Waals surface area contributed by atoms with Gasteiger partial charge in [0.25, 0.3) is 0 Å². The molecule has 0 amide bonds. The zero-order valence-electron chi connectivity index (χ0n) is 9.70. The van der Waals surface area contributed by atoms with Crippen LogP contribution in [0.4, 0.5) is 10.1 Å². The topological polar surface area (TPSA) is 43.1 Å². The zero-order valence-corrected chi connectivity index (χ0v) is 12.0. The first-order chi connectivity index (χ1) is 8.97. The van der Waals surface area contributed by atoms with Gasteiger partial charge in [-0.15, -0.1) is 0 Å². The molecule has 19 heavy (non-hydrogen) atoms. The summed E-state index contributed by atoms with van der Waals surface area (Å²) >= 11 is 11.6. The minimum Gasteiger partial charge on any atom is -0.399 e. The second-order valence-electron chi connectivity index (χ2n) is 3.92. The van der Waals surface area contributed by atoms with Crippen molar-refractivity contribution in [3.8, 4) is 0 Å². The molecule has 2 aromatic carbocycles. The number of anilines is 1. The van der Waals surface area contributed by atoms with Crippen molar-refractivity contribution in [1.82, 2.24) is 0 Å². The molecule has 2 nitrogen and oxygen atoms in total. The Hall–Kier alpha value is -1.10. The lowest BCUT2D eigenvalue weighted by Gasteiger charge is -2.06. The van der Waals surface area contributed by atoms with Gasteiger partial charge in [-0.1, -0.05) is 29.3 Å². The number of nitrogen functional groups attached to an aromatic ring is 1. The van der Waals surface area contributed by atoms with E-state index in [0.717, 1.165) is 0 Å². The highest BCUT2D eigenvalue weighted by molar-refractivity contribution is 7.84. The van der Waals surface area contributed by atoms with Crippen LogP contribution < -0.4 is 5.73 Å². The fraction of sp³-hybridized carbons (Fsp3) is 0.0769. The summed E-state index contributed by atoms with van der Waals surface area (Å²) in [5.74, 6) is -0.405. The minimum absolute atomic E-state index is 0.0596. The molecule has 0 aliphatic rings. The van der Waals surface area contributed by atoms with E-state index in [-0.39, 0.29) is 5.75 Å². The number of nitrogens with two attached hydrogens (primary N) is 1. The molecule has 0 bridgehead atoms. The molecule has 0 saturated carbocycles. The molecule has 0 aliphatic heterocycles. The normalized spacial score (nSPS) is 12.4. The summed E-state index contributed by atoms with van der Waals surface area (Å²) < 4.78 is 25.7. The molecule has 100 valence electrons. The second kappa shape index (κ2) is 5.90. The predicted molar refractivity (Wildman–Crippen MR) is 77.4 cm³/mol. The fourth-order valence-electron chi connectivity index (χ4n) is 1.52. The van der Waals surface area contributed by atoms with Crippen LogP contribution in [0.25, 0.3) is 0 Å². The smallest absolute Gasteiger partial charge is 0.129 e. The van der Waals surface area contributed by atoms with E-state index in [1.165, 1.54) is 18.2 Å². The van der Waals surface area contributed by atoms with Crippen molar-refractivity contribution in [3.63, 3.8) is 0 Å². The van der Waals surface area contributed by atoms with Crippen LogP contribution in [-0.4, -0.2) is 4.21 Å². The summed E-state index contributed by atoms with van der Waals surface area (Å²) in [6, 6.07) is 9.01. The van der Waals surface area contributed by atoms with Gasteiger partial charge in [0.15, 0.2) is 0 Å². The molecule has 1 atom stereocenters. The minimum atomic E-state index is -1.39. The van der Waals surface area contributed by atoms with Crippen molar-refractivity contribution in [2.75, 3.05) is 5.73 Å². The van der Waals surface area contributed by atoms with Crippen molar-refractivity contribution in [2.45, 2.75) is 10.6 Å². The van der Waals surface area contributed by atoms with Gasteiger partial charge in [-0.25, -0.2) is 4.39 Å². The average Bonchev–Trinajstić information content (AvgIpc) is 2.36. The van der Waals surface area contributed by atoms with Gasteiger partial charge in [-0.2, -0.15) is 0 Å². The van der Waals surface area contributed by atoms with E-state index in [9.17, 15) is 8.60 Å². The molecule has 0 radical (unpaired) electrons. The number of hydrogen-bond acceptors (Lipinski definition) is 2. The number of halogens is 3. The SMILES string of the molecule is Nc1ccc(CS(=O)c2ccc(Cl)c(Cl)c2)c(F)c1. The van der Waals surface area contributed by atoms with Crippen LogP contribution in [0.5, 0.6) is 0 Å². The molecule has 0 fully saturated rings. The number of rotatable bonds is 3. The molecule has 0 saturated heterocycles. The third kappa shape index (κ3) is 3.47. The molecule has 1 unspecified atom stereocenters. The first-order valence-electron chi connectivity index (χ1n) is 5.34. The molecule has 2 rings (SSSR count). The summed E-state index contributed by atoms with van der Waals surface area (Å²) in [4.78, 5) is 0.505. The van der Waals surface area contributed by atoms with Crippen LogP contribution in [-0.2, 0) is 16.6 Å². The first kappa shape index (κ1) is 14.3. The summed E-state index contributed by atoms with van der Waals surface area (Å²) in [5, 5.41) is 0.714. The number of hydrogen-bond donors (Lipinski definition) is 1. The van der Waals surface area contributed by atoms with Gasteiger partial charge in [0.05, 0.1) is 26.6 Å². The third-order valence-electron chi connectivity index (χ3n) is 2.52. The quantitative estimate of drug-likeness (QED) is 0.869. The Labute approximate surface area is 122 Å². The highest BCUT2D eigenvalue weighted by atomic mass is 35.5. The maximum Gasteiger partial charge on any atom is 0.129 e.